The smallest absolute Gasteiger partial charge is 0.262 e. The van der Waals surface area contributed by atoms with Gasteiger partial charge >= 0.3 is 0 Å². The van der Waals surface area contributed by atoms with Crippen LogP contribution in [0.4, 0.5) is 10.1 Å². The third kappa shape index (κ3) is 4.31. The zero-order chi connectivity index (χ0) is 26.4. The van der Waals surface area contributed by atoms with Crippen LogP contribution in [-0.2, 0) is 11.3 Å². The number of hydrogen-bond acceptors (Lipinski definition) is 5. The van der Waals surface area contributed by atoms with E-state index in [1.165, 1.54) is 23.5 Å². The van der Waals surface area contributed by atoms with Crippen LogP contribution in [0.3, 0.4) is 0 Å². The molecule has 2 aromatic heterocycles. The average molecular weight is 545 g/mol. The Bertz CT molecular complexity index is 1800. The van der Waals surface area contributed by atoms with Crippen LogP contribution >= 0.6 is 23.6 Å². The highest BCUT2D eigenvalue weighted by molar-refractivity contribution is 7.73. The molecule has 1 amide bonds. The molecule has 0 spiro atoms. The summed E-state index contributed by atoms with van der Waals surface area (Å²) in [4.78, 5) is 32.2. The molecule has 1 fully saturated rings. The number of thiazole rings is 1. The van der Waals surface area contributed by atoms with E-state index in [4.69, 9.17) is 12.2 Å². The van der Waals surface area contributed by atoms with Crippen molar-refractivity contribution < 1.29 is 9.18 Å². The predicted octanol–water partition coefficient (Wildman–Crippen LogP) is 5.51. The lowest BCUT2D eigenvalue weighted by Crippen LogP contribution is -2.50. The van der Waals surface area contributed by atoms with Gasteiger partial charge in [0.05, 0.1) is 15.8 Å². The van der Waals surface area contributed by atoms with Gasteiger partial charge in [-0.25, -0.2) is 4.39 Å². The molecule has 0 atom stereocenters. The molecule has 0 N–H and O–H groups in total. The molecule has 3 heterocycles. The fourth-order valence-electron chi connectivity index (χ4n) is 5.14. The van der Waals surface area contributed by atoms with Crippen molar-refractivity contribution in [1.29, 1.82) is 0 Å². The van der Waals surface area contributed by atoms with Gasteiger partial charge in [0.2, 0.25) is 5.91 Å². The maximum Gasteiger partial charge on any atom is 0.262 e. The van der Waals surface area contributed by atoms with E-state index in [2.05, 4.69) is 11.0 Å². The summed E-state index contributed by atoms with van der Waals surface area (Å²) in [7, 11) is 0. The van der Waals surface area contributed by atoms with E-state index in [1.807, 2.05) is 47.7 Å². The van der Waals surface area contributed by atoms with Gasteiger partial charge in [-0.3, -0.25) is 18.6 Å². The fourth-order valence-corrected chi connectivity index (χ4v) is 6.56. The molecule has 3 aromatic carbocycles. The second-order valence-electron chi connectivity index (χ2n) is 9.48. The molecular weight excluding hydrogens is 519 g/mol. The number of hydrogen-bond donors (Lipinski definition) is 0. The van der Waals surface area contributed by atoms with Crippen LogP contribution in [0.5, 0.6) is 0 Å². The van der Waals surface area contributed by atoms with Crippen molar-refractivity contribution in [1.82, 2.24) is 13.9 Å². The number of benzene rings is 3. The maximum absolute atomic E-state index is 13.8. The Kier molecular flexibility index (Phi) is 6.33. The molecule has 1 aliphatic rings. The van der Waals surface area contributed by atoms with Gasteiger partial charge in [-0.05, 0) is 61.1 Å². The number of aryl methyl sites for hydroxylation is 1. The summed E-state index contributed by atoms with van der Waals surface area (Å²) in [6, 6.07) is 21.9. The van der Waals surface area contributed by atoms with Crippen LogP contribution in [0.25, 0.3) is 27.0 Å². The normalized spacial score (nSPS) is 13.9. The van der Waals surface area contributed by atoms with Crippen LogP contribution in [0, 0.1) is 16.7 Å². The minimum Gasteiger partial charge on any atom is -0.368 e. The second kappa shape index (κ2) is 9.81. The Hall–Kier alpha value is -3.82. The largest absolute Gasteiger partial charge is 0.368 e. The highest BCUT2D eigenvalue weighted by Crippen LogP contribution is 2.33. The molecule has 6 rings (SSSR count). The Morgan fingerprint density at radius 2 is 1.71 bits per heavy atom. The Balaban J connectivity index is 1.38. The molecule has 192 valence electrons. The summed E-state index contributed by atoms with van der Waals surface area (Å²) in [5.41, 5.74) is 4.18. The van der Waals surface area contributed by atoms with E-state index < -0.39 is 0 Å². The van der Waals surface area contributed by atoms with Gasteiger partial charge in [0.1, 0.15) is 18.0 Å². The van der Waals surface area contributed by atoms with Crippen molar-refractivity contribution in [2.45, 2.75) is 13.5 Å². The van der Waals surface area contributed by atoms with E-state index in [-0.39, 0.29) is 23.8 Å². The standard InChI is InChI=1S/C29H25FN4O2S2/c1-19-5-4-6-20(17-19)26-27-33(28(36)23-7-2-3-8-24(23)34(27)29(37)38-26)18-25(35)32-15-13-31(14-16-32)22-11-9-21(30)10-12-22/h2-12,17H,13-16,18H2,1H3. The molecule has 5 aromatic rings. The monoisotopic (exact) mass is 544 g/mol. The minimum atomic E-state index is -0.270. The molecule has 0 aliphatic carbocycles. The third-order valence-electron chi connectivity index (χ3n) is 7.06. The Labute approximate surface area is 227 Å². The van der Waals surface area contributed by atoms with Crippen molar-refractivity contribution in [2.24, 2.45) is 0 Å². The highest BCUT2D eigenvalue weighted by Gasteiger charge is 2.25. The lowest BCUT2D eigenvalue weighted by Gasteiger charge is -2.36. The first-order valence-electron chi connectivity index (χ1n) is 12.4. The number of aromatic nitrogens is 2. The Morgan fingerprint density at radius 1 is 0.974 bits per heavy atom. The fraction of sp³-hybridized carbons (Fsp3) is 0.207. The number of piperazine rings is 1. The van der Waals surface area contributed by atoms with E-state index >= 15 is 0 Å². The number of carbonyl (C=O) groups excluding carboxylic acids is 1. The van der Waals surface area contributed by atoms with Gasteiger partial charge in [-0.15, -0.1) is 11.3 Å². The summed E-state index contributed by atoms with van der Waals surface area (Å²) in [5, 5.41) is 0.527. The Morgan fingerprint density at radius 3 is 2.45 bits per heavy atom. The number of anilines is 1. The maximum atomic E-state index is 13.8. The highest BCUT2D eigenvalue weighted by atomic mass is 32.1. The molecule has 6 nitrogen and oxygen atoms in total. The van der Waals surface area contributed by atoms with Crippen LogP contribution in [0.1, 0.15) is 5.56 Å². The molecule has 0 saturated carbocycles. The summed E-state index contributed by atoms with van der Waals surface area (Å²) >= 11 is 7.23. The molecule has 38 heavy (non-hydrogen) atoms. The number of carbonyl (C=O) groups is 1. The minimum absolute atomic E-state index is 0.0754. The van der Waals surface area contributed by atoms with Crippen LogP contribution in [-0.4, -0.2) is 46.0 Å². The van der Waals surface area contributed by atoms with E-state index in [9.17, 15) is 14.0 Å². The molecule has 1 aliphatic heterocycles. The van der Waals surface area contributed by atoms with Crippen molar-refractivity contribution in [3.63, 3.8) is 0 Å². The summed E-state index contributed by atoms with van der Waals surface area (Å²) in [5.74, 6) is -0.386. The van der Waals surface area contributed by atoms with Crippen LogP contribution in [0.15, 0.2) is 77.6 Å². The van der Waals surface area contributed by atoms with Gasteiger partial charge in [-0.1, -0.05) is 42.0 Å². The first kappa shape index (κ1) is 24.5. The number of rotatable bonds is 4. The average Bonchev–Trinajstić information content (AvgIpc) is 3.28. The van der Waals surface area contributed by atoms with Crippen molar-refractivity contribution in [3.05, 3.63) is 98.5 Å². The number of fused-ring (bicyclic) bond motifs is 3. The molecule has 9 heteroatoms. The number of para-hydroxylation sites is 1. The SMILES string of the molecule is Cc1cccc(-c2sc(=S)n3c4ccccc4c(=O)n(CC(=O)N4CCN(c5ccc(F)cc5)CC4)c23)c1. The van der Waals surface area contributed by atoms with Gasteiger partial charge in [-0.2, -0.15) is 0 Å². The lowest BCUT2D eigenvalue weighted by molar-refractivity contribution is -0.132. The van der Waals surface area contributed by atoms with Gasteiger partial charge in [0.15, 0.2) is 3.95 Å². The lowest BCUT2D eigenvalue weighted by atomic mass is 10.1. The van der Waals surface area contributed by atoms with Crippen molar-refractivity contribution in [2.75, 3.05) is 31.1 Å². The van der Waals surface area contributed by atoms with Crippen molar-refractivity contribution in [3.8, 4) is 10.4 Å². The molecule has 1 saturated heterocycles. The quantitative estimate of drug-likeness (QED) is 0.280. The number of amides is 1. The van der Waals surface area contributed by atoms with Gasteiger partial charge < -0.3 is 9.80 Å². The zero-order valence-corrected chi connectivity index (χ0v) is 22.4. The molecular formula is C29H25FN4O2S2. The molecule has 0 radical (unpaired) electrons. The van der Waals surface area contributed by atoms with Crippen LogP contribution in [0.2, 0.25) is 0 Å². The molecule has 0 bridgehead atoms. The van der Waals surface area contributed by atoms with E-state index in [0.29, 0.717) is 41.2 Å². The van der Waals surface area contributed by atoms with Crippen molar-refractivity contribution >= 4 is 51.7 Å². The van der Waals surface area contributed by atoms with E-state index in [1.54, 1.807) is 27.7 Å². The third-order valence-corrected chi connectivity index (χ3v) is 8.47. The number of nitrogens with zero attached hydrogens (tertiary/aromatic N) is 4. The van der Waals surface area contributed by atoms with E-state index in [0.717, 1.165) is 27.2 Å². The predicted molar refractivity (Wildman–Crippen MR) is 153 cm³/mol. The second-order valence-corrected chi connectivity index (χ2v) is 11.1. The first-order chi connectivity index (χ1) is 18.4. The summed E-state index contributed by atoms with van der Waals surface area (Å²) < 4.78 is 17.5. The summed E-state index contributed by atoms with van der Waals surface area (Å²) in [6.45, 7) is 4.27. The van der Waals surface area contributed by atoms with Gasteiger partial charge in [0, 0.05) is 31.9 Å². The molecule has 0 unspecified atom stereocenters. The topological polar surface area (TPSA) is 50.0 Å². The first-order valence-corrected chi connectivity index (χ1v) is 13.7. The van der Waals surface area contributed by atoms with Gasteiger partial charge in [0.25, 0.3) is 5.56 Å². The zero-order valence-electron chi connectivity index (χ0n) is 20.8. The van der Waals surface area contributed by atoms with Crippen LogP contribution < -0.4 is 10.5 Å². The summed E-state index contributed by atoms with van der Waals surface area (Å²) in [6.07, 6.45) is 0. The number of halogens is 1.